The number of aliphatic hydroxyl groups excluding tert-OH is 1. The van der Waals surface area contributed by atoms with Crippen molar-refractivity contribution >= 4 is 11.6 Å². The van der Waals surface area contributed by atoms with Gasteiger partial charge in [-0.25, -0.2) is 0 Å². The summed E-state index contributed by atoms with van der Waals surface area (Å²) in [5.41, 5.74) is 1.60. The number of aromatic amines is 1. The number of aliphatic hydroxyl groups is 1. The van der Waals surface area contributed by atoms with Crippen molar-refractivity contribution in [3.05, 3.63) is 47.7 Å². The molecular weight excluding hydrogens is 252 g/mol. The van der Waals surface area contributed by atoms with Crippen molar-refractivity contribution < 1.29 is 9.84 Å². The maximum atomic E-state index is 9.20. The van der Waals surface area contributed by atoms with Crippen molar-refractivity contribution in [3.63, 3.8) is 0 Å². The smallest absolute Gasteiger partial charge is 0.252 e. The molecule has 0 aliphatic rings. The molecule has 2 rings (SSSR count). The first-order chi connectivity index (χ1) is 8.59. The molecule has 94 valence electrons. The van der Waals surface area contributed by atoms with Crippen LogP contribution in [0.2, 0.25) is 5.02 Å². The highest BCUT2D eigenvalue weighted by Gasteiger charge is 2.17. The predicted octanol–water partition coefficient (Wildman–Crippen LogP) is 3.57. The minimum atomic E-state index is -0.561. The maximum absolute atomic E-state index is 9.20. The van der Waals surface area contributed by atoms with Crippen LogP contribution in [-0.4, -0.2) is 21.4 Å². The second-order valence-electron chi connectivity index (χ2n) is 3.84. The Morgan fingerprint density at radius 1 is 1.44 bits per heavy atom. The first-order valence-corrected chi connectivity index (χ1v) is 5.81. The van der Waals surface area contributed by atoms with Gasteiger partial charge in [0.1, 0.15) is 10.8 Å². The van der Waals surface area contributed by atoms with Gasteiger partial charge in [0, 0.05) is 5.56 Å². The van der Waals surface area contributed by atoms with Gasteiger partial charge in [-0.2, -0.15) is 0 Å². The second-order valence-corrected chi connectivity index (χ2v) is 4.21. The van der Waals surface area contributed by atoms with Crippen LogP contribution in [-0.2, 0) is 0 Å². The lowest BCUT2D eigenvalue weighted by atomic mass is 10.1. The highest BCUT2D eigenvalue weighted by Crippen LogP contribution is 2.33. The minimum Gasteiger partial charge on any atom is -0.509 e. The molecule has 0 fully saturated rings. The number of benzene rings is 1. The Kier molecular flexibility index (Phi) is 3.58. The van der Waals surface area contributed by atoms with Gasteiger partial charge in [0.15, 0.2) is 6.10 Å². The fourth-order valence-electron chi connectivity index (χ4n) is 1.42. The molecule has 4 nitrogen and oxygen atoms in total. The van der Waals surface area contributed by atoms with Crippen molar-refractivity contribution in [2.45, 2.75) is 13.0 Å². The monoisotopic (exact) mass is 264 g/mol. The van der Waals surface area contributed by atoms with Crippen molar-refractivity contribution in [2.75, 3.05) is 0 Å². The Morgan fingerprint density at radius 2 is 2.11 bits per heavy atom. The van der Waals surface area contributed by atoms with Gasteiger partial charge in [0.05, 0.1) is 5.69 Å². The molecule has 1 atom stereocenters. The fraction of sp³-hybridized carbons (Fsp3) is 0.154. The third-order valence-corrected chi connectivity index (χ3v) is 2.85. The largest absolute Gasteiger partial charge is 0.509 e. The summed E-state index contributed by atoms with van der Waals surface area (Å²) in [6.45, 7) is 5.06. The zero-order chi connectivity index (χ0) is 13.1. The third kappa shape index (κ3) is 2.49. The van der Waals surface area contributed by atoms with Crippen molar-refractivity contribution in [2.24, 2.45) is 0 Å². The van der Waals surface area contributed by atoms with Crippen LogP contribution in [0.1, 0.15) is 6.92 Å². The van der Waals surface area contributed by atoms with Crippen LogP contribution in [0.3, 0.4) is 0 Å². The van der Waals surface area contributed by atoms with Gasteiger partial charge >= 0.3 is 0 Å². The Morgan fingerprint density at radius 3 is 2.72 bits per heavy atom. The van der Waals surface area contributed by atoms with E-state index in [0.717, 1.165) is 5.56 Å². The molecule has 2 N–H and O–H groups in total. The van der Waals surface area contributed by atoms with Gasteiger partial charge in [-0.05, 0) is 6.92 Å². The summed E-state index contributed by atoms with van der Waals surface area (Å²) in [6, 6.07) is 9.56. The number of hydrogen-bond donors (Lipinski definition) is 2. The molecule has 0 aliphatic heterocycles. The molecule has 0 amide bonds. The molecular formula is C13H13ClN2O2. The molecule has 18 heavy (non-hydrogen) atoms. The van der Waals surface area contributed by atoms with E-state index < -0.39 is 6.10 Å². The van der Waals surface area contributed by atoms with Crippen LogP contribution in [0.25, 0.3) is 11.3 Å². The summed E-state index contributed by atoms with van der Waals surface area (Å²) in [5.74, 6) is 0.175. The van der Waals surface area contributed by atoms with E-state index in [1.165, 1.54) is 0 Å². The molecule has 0 saturated heterocycles. The first-order valence-electron chi connectivity index (χ1n) is 5.43. The van der Waals surface area contributed by atoms with E-state index >= 15 is 0 Å². The van der Waals surface area contributed by atoms with Gasteiger partial charge in [-0.1, -0.05) is 48.5 Å². The first kappa shape index (κ1) is 12.5. The fourth-order valence-corrected chi connectivity index (χ4v) is 1.66. The van der Waals surface area contributed by atoms with Gasteiger partial charge in [-0.15, -0.1) is 5.10 Å². The molecule has 1 aromatic heterocycles. The van der Waals surface area contributed by atoms with Gasteiger partial charge in [0.25, 0.3) is 5.88 Å². The van der Waals surface area contributed by atoms with E-state index in [1.807, 2.05) is 30.3 Å². The SMILES string of the molecule is C=C(O)C(C)Oc1n[nH]c(-c2ccccc2)c1Cl. The highest BCUT2D eigenvalue weighted by molar-refractivity contribution is 6.34. The molecule has 0 aliphatic carbocycles. The van der Waals surface area contributed by atoms with Crippen LogP contribution < -0.4 is 4.74 Å². The molecule has 0 spiro atoms. The van der Waals surface area contributed by atoms with Crippen LogP contribution >= 0.6 is 11.6 Å². The van der Waals surface area contributed by atoms with Crippen molar-refractivity contribution in [1.29, 1.82) is 0 Å². The molecule has 0 bridgehead atoms. The molecule has 1 aromatic carbocycles. The number of halogens is 1. The van der Waals surface area contributed by atoms with E-state index in [-0.39, 0.29) is 11.6 Å². The summed E-state index contributed by atoms with van der Waals surface area (Å²) < 4.78 is 5.38. The van der Waals surface area contributed by atoms with Crippen LogP contribution in [0, 0.1) is 0 Å². The standard InChI is InChI=1S/C13H13ClN2O2/c1-8(17)9(2)18-13-11(14)12(15-16-13)10-6-4-3-5-7-10/h3-7,9,17H,1H2,2H3,(H,15,16). The minimum absolute atomic E-state index is 0.0738. The summed E-state index contributed by atoms with van der Waals surface area (Å²) in [5, 5.41) is 16.4. The number of rotatable bonds is 4. The summed E-state index contributed by atoms with van der Waals surface area (Å²) >= 11 is 6.18. The lowest BCUT2D eigenvalue weighted by Crippen LogP contribution is -2.14. The van der Waals surface area contributed by atoms with Crippen LogP contribution in [0.15, 0.2) is 42.7 Å². The number of aromatic nitrogens is 2. The predicted molar refractivity (Wildman–Crippen MR) is 70.9 cm³/mol. The lowest BCUT2D eigenvalue weighted by Gasteiger charge is -2.10. The van der Waals surface area contributed by atoms with Crippen molar-refractivity contribution in [3.8, 4) is 17.1 Å². The molecule has 1 heterocycles. The van der Waals surface area contributed by atoms with Crippen LogP contribution in [0.5, 0.6) is 5.88 Å². The number of nitrogens with one attached hydrogen (secondary N) is 1. The summed E-state index contributed by atoms with van der Waals surface area (Å²) in [6.07, 6.45) is -0.561. The van der Waals surface area contributed by atoms with Crippen LogP contribution in [0.4, 0.5) is 0 Å². The molecule has 1 unspecified atom stereocenters. The van der Waals surface area contributed by atoms with Gasteiger partial charge in [0.2, 0.25) is 0 Å². The molecule has 2 aromatic rings. The highest BCUT2D eigenvalue weighted by atomic mass is 35.5. The van der Waals surface area contributed by atoms with Gasteiger partial charge in [-0.3, -0.25) is 5.10 Å². The van der Waals surface area contributed by atoms with E-state index in [2.05, 4.69) is 16.8 Å². The normalized spacial score (nSPS) is 12.1. The average molecular weight is 265 g/mol. The number of hydrogen-bond acceptors (Lipinski definition) is 3. The van der Waals surface area contributed by atoms with E-state index in [1.54, 1.807) is 6.92 Å². The molecule has 0 radical (unpaired) electrons. The maximum Gasteiger partial charge on any atom is 0.252 e. The Bertz CT molecular complexity index is 551. The van der Waals surface area contributed by atoms with E-state index in [9.17, 15) is 5.11 Å². The second kappa shape index (κ2) is 5.14. The Hall–Kier alpha value is -1.94. The lowest BCUT2D eigenvalue weighted by molar-refractivity contribution is 0.186. The summed E-state index contributed by atoms with van der Waals surface area (Å²) in [7, 11) is 0. The van der Waals surface area contributed by atoms with E-state index in [0.29, 0.717) is 10.7 Å². The van der Waals surface area contributed by atoms with E-state index in [4.69, 9.17) is 16.3 Å². The topological polar surface area (TPSA) is 58.1 Å². The van der Waals surface area contributed by atoms with Crippen molar-refractivity contribution in [1.82, 2.24) is 10.2 Å². The Balaban J connectivity index is 2.27. The summed E-state index contributed by atoms with van der Waals surface area (Å²) in [4.78, 5) is 0. The molecule has 5 heteroatoms. The molecule has 0 saturated carbocycles. The third-order valence-electron chi connectivity index (χ3n) is 2.50. The Labute approximate surface area is 110 Å². The quantitative estimate of drug-likeness (QED) is 0.830. The number of H-pyrrole nitrogens is 1. The zero-order valence-electron chi connectivity index (χ0n) is 9.85. The number of ether oxygens (including phenoxy) is 1. The number of nitrogens with zero attached hydrogens (tertiary/aromatic N) is 1. The average Bonchev–Trinajstić information content (AvgIpc) is 2.72. The van der Waals surface area contributed by atoms with Gasteiger partial charge < -0.3 is 9.84 Å². The zero-order valence-corrected chi connectivity index (χ0v) is 10.6.